The Hall–Kier alpha value is -3.26. The Kier molecular flexibility index (Phi) is 5.49. The van der Waals surface area contributed by atoms with E-state index in [1.165, 1.54) is 17.0 Å². The summed E-state index contributed by atoms with van der Waals surface area (Å²) in [5.41, 5.74) is 4.80. The Morgan fingerprint density at radius 3 is 2.39 bits per heavy atom. The van der Waals surface area contributed by atoms with Gasteiger partial charge in [-0.15, -0.1) is 11.3 Å². The molecule has 4 rings (SSSR count). The van der Waals surface area contributed by atoms with E-state index in [0.717, 1.165) is 34.8 Å². The molecule has 3 heterocycles. The summed E-state index contributed by atoms with van der Waals surface area (Å²) in [6.45, 7) is 8.78. The van der Waals surface area contributed by atoms with E-state index >= 15 is 0 Å². The maximum Gasteiger partial charge on any atom is 0.262 e. The van der Waals surface area contributed by atoms with Gasteiger partial charge in [-0.2, -0.15) is 0 Å². The van der Waals surface area contributed by atoms with E-state index in [2.05, 4.69) is 41.7 Å². The number of amides is 3. The monoisotopic (exact) mass is 436 g/mol. The van der Waals surface area contributed by atoms with Gasteiger partial charge in [-0.05, 0) is 45.4 Å². The molecule has 0 spiro atoms. The molecule has 7 nitrogen and oxygen atoms in total. The molecule has 0 aliphatic carbocycles. The molecular formula is C23H24N4O3S. The van der Waals surface area contributed by atoms with Gasteiger partial charge in [0.05, 0.1) is 16.8 Å². The van der Waals surface area contributed by atoms with E-state index in [9.17, 15) is 14.4 Å². The van der Waals surface area contributed by atoms with Crippen molar-refractivity contribution in [2.24, 2.45) is 0 Å². The first-order valence-electron chi connectivity index (χ1n) is 10.2. The summed E-state index contributed by atoms with van der Waals surface area (Å²) in [4.78, 5) is 43.6. The van der Waals surface area contributed by atoms with Gasteiger partial charge < -0.3 is 9.88 Å². The molecule has 2 aromatic heterocycles. The van der Waals surface area contributed by atoms with Crippen molar-refractivity contribution in [3.8, 4) is 11.3 Å². The second kappa shape index (κ2) is 8.11. The molecule has 1 aliphatic heterocycles. The topological polar surface area (TPSA) is 84.3 Å². The largest absolute Gasteiger partial charge is 0.348 e. The van der Waals surface area contributed by atoms with Gasteiger partial charge >= 0.3 is 0 Å². The maximum atomic E-state index is 12.8. The lowest BCUT2D eigenvalue weighted by atomic mass is 10.1. The third-order valence-corrected chi connectivity index (χ3v) is 6.38. The first kappa shape index (κ1) is 21.0. The standard InChI is InChI=1S/C23H24N4O3S/c1-5-10-26-13(2)11-18(14(26)3)19-12-31-23(24-19)25-20(28)15(4)27-21(29)16-8-6-7-9-17(16)22(27)30/h6-9,11-12,15H,5,10H2,1-4H3,(H,24,25,28)/t15-/m0/s1. The number of nitrogens with zero attached hydrogens (tertiary/aromatic N) is 3. The van der Waals surface area contributed by atoms with Crippen LogP contribution in [0.3, 0.4) is 0 Å². The molecule has 3 amide bonds. The van der Waals surface area contributed by atoms with Crippen LogP contribution in [0.5, 0.6) is 0 Å². The maximum absolute atomic E-state index is 12.8. The molecule has 8 heteroatoms. The predicted octanol–water partition coefficient (Wildman–Crippen LogP) is 4.26. The number of aryl methyl sites for hydroxylation is 1. The lowest BCUT2D eigenvalue weighted by molar-refractivity contribution is -0.119. The Labute approximate surface area is 184 Å². The Morgan fingerprint density at radius 2 is 1.77 bits per heavy atom. The molecule has 1 N–H and O–H groups in total. The molecule has 160 valence electrons. The molecule has 1 aliphatic rings. The highest BCUT2D eigenvalue weighted by Crippen LogP contribution is 2.31. The van der Waals surface area contributed by atoms with Crippen LogP contribution >= 0.6 is 11.3 Å². The van der Waals surface area contributed by atoms with Gasteiger partial charge in [0.1, 0.15) is 6.04 Å². The van der Waals surface area contributed by atoms with Crippen molar-refractivity contribution in [2.75, 3.05) is 5.32 Å². The summed E-state index contributed by atoms with van der Waals surface area (Å²) in [5, 5.41) is 5.10. The molecule has 0 radical (unpaired) electrons. The molecule has 0 saturated heterocycles. The van der Waals surface area contributed by atoms with Crippen molar-refractivity contribution in [2.45, 2.75) is 46.7 Å². The summed E-state index contributed by atoms with van der Waals surface area (Å²) < 4.78 is 2.26. The molecule has 1 aromatic carbocycles. The molecule has 0 fully saturated rings. The first-order chi connectivity index (χ1) is 14.8. The van der Waals surface area contributed by atoms with Crippen LogP contribution in [0.2, 0.25) is 0 Å². The van der Waals surface area contributed by atoms with Crippen LogP contribution in [-0.2, 0) is 11.3 Å². The number of carbonyl (C=O) groups excluding carboxylic acids is 3. The second-order valence-corrected chi connectivity index (χ2v) is 8.52. The van der Waals surface area contributed by atoms with Gasteiger partial charge in [0, 0.05) is 28.9 Å². The lowest BCUT2D eigenvalue weighted by Crippen LogP contribution is -2.45. The van der Waals surface area contributed by atoms with Crippen molar-refractivity contribution in [1.82, 2.24) is 14.5 Å². The van der Waals surface area contributed by atoms with Crippen molar-refractivity contribution in [1.29, 1.82) is 0 Å². The summed E-state index contributed by atoms with van der Waals surface area (Å²) >= 11 is 1.32. The fourth-order valence-electron chi connectivity index (χ4n) is 3.97. The van der Waals surface area contributed by atoms with Gasteiger partial charge in [-0.3, -0.25) is 19.3 Å². The predicted molar refractivity (Wildman–Crippen MR) is 120 cm³/mol. The lowest BCUT2D eigenvalue weighted by Gasteiger charge is -2.21. The van der Waals surface area contributed by atoms with Crippen LogP contribution in [0, 0.1) is 13.8 Å². The molecule has 3 aromatic rings. The van der Waals surface area contributed by atoms with E-state index in [-0.39, 0.29) is 0 Å². The van der Waals surface area contributed by atoms with Crippen LogP contribution in [0.1, 0.15) is 52.4 Å². The normalized spacial score (nSPS) is 14.1. The number of hydrogen-bond acceptors (Lipinski definition) is 5. The van der Waals surface area contributed by atoms with Crippen LogP contribution < -0.4 is 5.32 Å². The zero-order valence-electron chi connectivity index (χ0n) is 17.9. The van der Waals surface area contributed by atoms with Gasteiger partial charge in [0.15, 0.2) is 5.13 Å². The summed E-state index contributed by atoms with van der Waals surface area (Å²) in [7, 11) is 0. The van der Waals surface area contributed by atoms with Gasteiger partial charge in [0.2, 0.25) is 5.91 Å². The van der Waals surface area contributed by atoms with Crippen LogP contribution in [0.15, 0.2) is 35.7 Å². The molecule has 0 saturated carbocycles. The zero-order valence-corrected chi connectivity index (χ0v) is 18.7. The number of aromatic nitrogens is 2. The Morgan fingerprint density at radius 1 is 1.13 bits per heavy atom. The zero-order chi connectivity index (χ0) is 22.3. The van der Waals surface area contributed by atoms with E-state index < -0.39 is 23.8 Å². The van der Waals surface area contributed by atoms with Crippen molar-refractivity contribution < 1.29 is 14.4 Å². The fourth-order valence-corrected chi connectivity index (χ4v) is 4.68. The molecule has 1 atom stereocenters. The molecular weight excluding hydrogens is 412 g/mol. The van der Waals surface area contributed by atoms with Crippen LogP contribution in [0.4, 0.5) is 5.13 Å². The minimum absolute atomic E-state index is 0.325. The van der Waals surface area contributed by atoms with E-state index in [0.29, 0.717) is 16.3 Å². The van der Waals surface area contributed by atoms with Gasteiger partial charge in [-0.25, -0.2) is 4.98 Å². The van der Waals surface area contributed by atoms with Crippen LogP contribution in [0.25, 0.3) is 11.3 Å². The number of thiazole rings is 1. The average Bonchev–Trinajstić information content (AvgIpc) is 3.40. The fraction of sp³-hybridized carbons (Fsp3) is 0.304. The molecule has 0 unspecified atom stereocenters. The second-order valence-electron chi connectivity index (χ2n) is 7.67. The highest BCUT2D eigenvalue weighted by atomic mass is 32.1. The number of fused-ring (bicyclic) bond motifs is 1. The summed E-state index contributed by atoms with van der Waals surface area (Å²) in [5.74, 6) is -1.36. The summed E-state index contributed by atoms with van der Waals surface area (Å²) in [6.07, 6.45) is 1.05. The van der Waals surface area contributed by atoms with Crippen molar-refractivity contribution in [3.63, 3.8) is 0 Å². The Bertz CT molecular complexity index is 1160. The van der Waals surface area contributed by atoms with Crippen LogP contribution in [-0.4, -0.2) is 38.2 Å². The van der Waals surface area contributed by atoms with Crippen molar-refractivity contribution in [3.05, 3.63) is 58.2 Å². The number of imide groups is 1. The number of carbonyl (C=O) groups is 3. The number of anilines is 1. The number of hydrogen-bond donors (Lipinski definition) is 1. The van der Waals surface area contributed by atoms with E-state index in [1.807, 2.05) is 5.38 Å². The number of rotatable bonds is 6. The Balaban J connectivity index is 1.51. The number of benzene rings is 1. The average molecular weight is 437 g/mol. The SMILES string of the molecule is CCCn1c(C)cc(-c2csc(NC(=O)[C@H](C)N3C(=O)c4ccccc4C3=O)n2)c1C. The first-order valence-corrected chi connectivity index (χ1v) is 11.1. The smallest absolute Gasteiger partial charge is 0.262 e. The number of nitrogens with one attached hydrogen (secondary N) is 1. The third-order valence-electron chi connectivity index (χ3n) is 5.62. The highest BCUT2D eigenvalue weighted by molar-refractivity contribution is 7.14. The quantitative estimate of drug-likeness (QED) is 0.585. The van der Waals surface area contributed by atoms with Gasteiger partial charge in [0.25, 0.3) is 11.8 Å². The minimum atomic E-state index is -0.950. The molecule has 0 bridgehead atoms. The van der Waals surface area contributed by atoms with Gasteiger partial charge in [-0.1, -0.05) is 19.1 Å². The minimum Gasteiger partial charge on any atom is -0.348 e. The van der Waals surface area contributed by atoms with E-state index in [1.54, 1.807) is 31.2 Å². The van der Waals surface area contributed by atoms with E-state index in [4.69, 9.17) is 0 Å². The third kappa shape index (κ3) is 3.57. The highest BCUT2D eigenvalue weighted by Gasteiger charge is 2.40. The summed E-state index contributed by atoms with van der Waals surface area (Å²) in [6, 6.07) is 7.76. The van der Waals surface area contributed by atoms with Crippen molar-refractivity contribution >= 4 is 34.2 Å². The molecule has 31 heavy (non-hydrogen) atoms.